The first-order chi connectivity index (χ1) is 22.8. The van der Waals surface area contributed by atoms with Crippen molar-refractivity contribution in [3.8, 4) is 0 Å². The Morgan fingerprint density at radius 1 is 0.745 bits per heavy atom. The van der Waals surface area contributed by atoms with E-state index >= 15 is 0 Å². The number of anilines is 2. The second-order valence-electron chi connectivity index (χ2n) is 10.1. The molecule has 0 aliphatic rings. The maximum Gasteiger partial charge on any atom is 0.272 e. The van der Waals surface area contributed by atoms with Gasteiger partial charge >= 0.3 is 0 Å². The number of nitro groups is 1. The third kappa shape index (κ3) is 9.03. The van der Waals surface area contributed by atoms with E-state index in [9.17, 15) is 24.5 Å². The van der Waals surface area contributed by atoms with Crippen LogP contribution in [0.3, 0.4) is 0 Å². The Hall–Kier alpha value is -5.52. The summed E-state index contributed by atoms with van der Waals surface area (Å²) in [6, 6.07) is 37.9. The molecular formula is C36H27BrN4O5S. The normalized spacial score (nSPS) is 11.6. The zero-order chi connectivity index (χ0) is 33.2. The minimum atomic E-state index is -0.594. The molecular weight excluding hydrogens is 680 g/mol. The highest BCUT2D eigenvalue weighted by molar-refractivity contribution is 9.10. The van der Waals surface area contributed by atoms with E-state index in [2.05, 4.69) is 31.9 Å². The number of carbonyl (C=O) groups excluding carboxylic acids is 3. The molecule has 0 saturated heterocycles. The fraction of sp³-hybridized carbons (Fsp3) is 0.0278. The number of nitrogens with zero attached hydrogens (tertiary/aromatic N) is 1. The van der Waals surface area contributed by atoms with Gasteiger partial charge in [0.2, 0.25) is 5.91 Å². The average Bonchev–Trinajstić information content (AvgIpc) is 3.09. The number of rotatable bonds is 11. The molecule has 0 bridgehead atoms. The summed E-state index contributed by atoms with van der Waals surface area (Å²) in [6.45, 7) is 0. The van der Waals surface area contributed by atoms with Crippen LogP contribution in [0, 0.1) is 10.1 Å². The summed E-state index contributed by atoms with van der Waals surface area (Å²) in [7, 11) is 0. The van der Waals surface area contributed by atoms with E-state index in [1.165, 1.54) is 42.1 Å². The molecule has 3 N–H and O–H groups in total. The number of thioether (sulfide) groups is 1. The van der Waals surface area contributed by atoms with E-state index < -0.39 is 22.0 Å². The van der Waals surface area contributed by atoms with Crippen molar-refractivity contribution in [2.24, 2.45) is 0 Å². The maximum absolute atomic E-state index is 13.5. The molecule has 3 amide bonds. The lowest BCUT2D eigenvalue weighted by Crippen LogP contribution is -2.30. The van der Waals surface area contributed by atoms with Crippen molar-refractivity contribution < 1.29 is 19.3 Å². The first-order valence-electron chi connectivity index (χ1n) is 14.3. The molecule has 0 fully saturated rings. The van der Waals surface area contributed by atoms with Gasteiger partial charge in [-0.1, -0.05) is 60.7 Å². The number of halogens is 1. The standard InChI is InChI=1S/C36H27BrN4O5S/c37-30-13-7-8-14-31(30)39-36(44)33(25-9-3-1-4-10-25)47-29-21-17-27(18-22-29)38-35(43)32(40-34(42)26-11-5-2-6-12-26)23-24-15-19-28(20-16-24)41(45)46/h1-23,33H,(H,38,43)(H,39,44)(H,40,42)/b32-23-. The number of amides is 3. The first kappa shape index (κ1) is 32.9. The number of nitro benzene ring substituents is 1. The van der Waals surface area contributed by atoms with E-state index in [0.29, 0.717) is 22.5 Å². The van der Waals surface area contributed by atoms with Crippen LogP contribution in [0.15, 0.2) is 149 Å². The van der Waals surface area contributed by atoms with Crippen LogP contribution in [0.25, 0.3) is 6.08 Å². The highest BCUT2D eigenvalue weighted by Crippen LogP contribution is 2.37. The summed E-state index contributed by atoms with van der Waals surface area (Å²) in [5, 5.41) is 19.0. The van der Waals surface area contributed by atoms with Crippen LogP contribution >= 0.6 is 27.7 Å². The molecule has 47 heavy (non-hydrogen) atoms. The van der Waals surface area contributed by atoms with Crippen LogP contribution in [0.5, 0.6) is 0 Å². The number of benzene rings is 5. The van der Waals surface area contributed by atoms with Gasteiger partial charge in [0.25, 0.3) is 17.5 Å². The minimum Gasteiger partial charge on any atom is -0.324 e. The lowest BCUT2D eigenvalue weighted by atomic mass is 10.1. The molecule has 0 spiro atoms. The van der Waals surface area contributed by atoms with Crippen molar-refractivity contribution in [1.29, 1.82) is 0 Å². The number of non-ortho nitro benzene ring substituents is 1. The quantitative estimate of drug-likeness (QED) is 0.0549. The largest absolute Gasteiger partial charge is 0.324 e. The summed E-state index contributed by atoms with van der Waals surface area (Å²) < 4.78 is 0.771. The molecule has 0 aromatic heterocycles. The highest BCUT2D eigenvalue weighted by Gasteiger charge is 2.23. The monoisotopic (exact) mass is 706 g/mol. The summed E-state index contributed by atoms with van der Waals surface area (Å²) in [6.07, 6.45) is 1.44. The number of hydrogen-bond acceptors (Lipinski definition) is 6. The van der Waals surface area contributed by atoms with Gasteiger partial charge in [-0.2, -0.15) is 0 Å². The predicted octanol–water partition coefficient (Wildman–Crippen LogP) is 8.24. The molecule has 0 saturated carbocycles. The SMILES string of the molecule is O=C(Nc1ccc(SC(C(=O)Nc2ccccc2Br)c2ccccc2)cc1)/C(=C/c1ccc([N+](=O)[O-])cc1)NC(=O)c1ccccc1. The van der Waals surface area contributed by atoms with E-state index in [1.807, 2.05) is 54.6 Å². The van der Waals surface area contributed by atoms with Gasteiger partial charge in [-0.05, 0) is 93.8 Å². The molecule has 1 atom stereocenters. The Labute approximate surface area is 283 Å². The first-order valence-corrected chi connectivity index (χ1v) is 15.9. The Kier molecular flexibility index (Phi) is 10.9. The van der Waals surface area contributed by atoms with Crippen LogP contribution in [-0.4, -0.2) is 22.6 Å². The number of nitrogens with one attached hydrogen (secondary N) is 3. The minimum absolute atomic E-state index is 0.0564. The van der Waals surface area contributed by atoms with Gasteiger partial charge in [-0.25, -0.2) is 0 Å². The average molecular weight is 708 g/mol. The summed E-state index contributed by atoms with van der Waals surface area (Å²) in [5.41, 5.74) is 2.63. The van der Waals surface area contributed by atoms with Crippen molar-refractivity contribution in [3.05, 3.63) is 170 Å². The molecule has 5 aromatic rings. The molecule has 5 rings (SSSR count). The zero-order valence-corrected chi connectivity index (χ0v) is 27.0. The van der Waals surface area contributed by atoms with Crippen molar-refractivity contribution in [2.75, 3.05) is 10.6 Å². The van der Waals surface area contributed by atoms with Gasteiger partial charge in [-0.3, -0.25) is 24.5 Å². The van der Waals surface area contributed by atoms with Gasteiger partial charge < -0.3 is 16.0 Å². The van der Waals surface area contributed by atoms with Crippen LogP contribution in [0.2, 0.25) is 0 Å². The van der Waals surface area contributed by atoms with Gasteiger partial charge in [0.15, 0.2) is 0 Å². The molecule has 0 heterocycles. The van der Waals surface area contributed by atoms with Gasteiger partial charge in [0.05, 0.1) is 10.6 Å². The van der Waals surface area contributed by atoms with Crippen molar-refractivity contribution in [1.82, 2.24) is 5.32 Å². The Balaban J connectivity index is 1.34. The summed E-state index contributed by atoms with van der Waals surface area (Å²) in [4.78, 5) is 51.2. The number of hydrogen-bond donors (Lipinski definition) is 3. The Morgan fingerprint density at radius 2 is 1.36 bits per heavy atom. The maximum atomic E-state index is 13.5. The second-order valence-corrected chi connectivity index (χ2v) is 12.1. The fourth-order valence-corrected chi connectivity index (χ4v) is 5.82. The lowest BCUT2D eigenvalue weighted by molar-refractivity contribution is -0.384. The second kappa shape index (κ2) is 15.7. The van der Waals surface area contributed by atoms with E-state index in [-0.39, 0.29) is 17.3 Å². The van der Waals surface area contributed by atoms with Gasteiger partial charge in [0.1, 0.15) is 10.9 Å². The molecule has 5 aromatic carbocycles. The highest BCUT2D eigenvalue weighted by atomic mass is 79.9. The van der Waals surface area contributed by atoms with Crippen molar-refractivity contribution >= 4 is 68.6 Å². The van der Waals surface area contributed by atoms with E-state index in [0.717, 1.165) is 14.9 Å². The molecule has 234 valence electrons. The summed E-state index contributed by atoms with van der Waals surface area (Å²) in [5.74, 6) is -1.28. The van der Waals surface area contributed by atoms with Gasteiger partial charge in [0, 0.05) is 32.8 Å². The van der Waals surface area contributed by atoms with E-state index in [4.69, 9.17) is 0 Å². The third-order valence-corrected chi connectivity index (χ3v) is 8.74. The molecule has 0 aliphatic carbocycles. The zero-order valence-electron chi connectivity index (χ0n) is 24.6. The van der Waals surface area contributed by atoms with Crippen molar-refractivity contribution in [3.63, 3.8) is 0 Å². The number of para-hydroxylation sites is 1. The Morgan fingerprint density at radius 3 is 2.00 bits per heavy atom. The molecule has 0 aliphatic heterocycles. The predicted molar refractivity (Wildman–Crippen MR) is 188 cm³/mol. The fourth-order valence-electron chi connectivity index (χ4n) is 4.41. The van der Waals surface area contributed by atoms with Crippen LogP contribution in [0.4, 0.5) is 17.1 Å². The summed E-state index contributed by atoms with van der Waals surface area (Å²) >= 11 is 4.84. The van der Waals surface area contributed by atoms with Gasteiger partial charge in [-0.15, -0.1) is 11.8 Å². The number of carbonyl (C=O) groups is 3. The van der Waals surface area contributed by atoms with Crippen LogP contribution in [0.1, 0.15) is 26.7 Å². The van der Waals surface area contributed by atoms with E-state index in [1.54, 1.807) is 54.6 Å². The Bertz CT molecular complexity index is 1920. The van der Waals surface area contributed by atoms with Crippen LogP contribution < -0.4 is 16.0 Å². The lowest BCUT2D eigenvalue weighted by Gasteiger charge is -2.18. The molecule has 1 unspecified atom stereocenters. The molecule has 9 nitrogen and oxygen atoms in total. The van der Waals surface area contributed by atoms with Crippen LogP contribution in [-0.2, 0) is 9.59 Å². The van der Waals surface area contributed by atoms with Crippen molar-refractivity contribution in [2.45, 2.75) is 10.1 Å². The smallest absolute Gasteiger partial charge is 0.272 e. The molecule has 11 heteroatoms. The third-order valence-electron chi connectivity index (χ3n) is 6.78. The molecule has 0 radical (unpaired) electrons. The topological polar surface area (TPSA) is 130 Å².